The van der Waals surface area contributed by atoms with Crippen LogP contribution in [0.2, 0.25) is 0 Å². The smallest absolute Gasteiger partial charge is 0.236 e. The molecule has 4 aromatic rings. The molecule has 1 aliphatic carbocycles. The van der Waals surface area contributed by atoms with Crippen molar-refractivity contribution in [1.82, 2.24) is 9.88 Å². The van der Waals surface area contributed by atoms with Crippen LogP contribution in [0.1, 0.15) is 41.5 Å². The average Bonchev–Trinajstić information content (AvgIpc) is 3.61. The van der Waals surface area contributed by atoms with Crippen LogP contribution in [0.5, 0.6) is 23.0 Å². The minimum absolute atomic E-state index is 0.00616. The minimum Gasteiger partial charge on any atom is -0.493 e. The van der Waals surface area contributed by atoms with Crippen molar-refractivity contribution < 1.29 is 23.7 Å². The maximum Gasteiger partial charge on any atom is 0.236 e. The molecule has 8 nitrogen and oxygen atoms in total. The standard InChI is InChI=1S/C33H37N3O5S/c1-38-26-11-10-24-23(30(26)41-4)12-15-33(24,31(37)35-32-34-25-8-5-6-9-29(25)42-32)14-7-16-36-17-13-21-18-27(39-2)28(40-3)19-22(21)20-36/h5-6,8-11,18-19H,7,12-17,20H2,1-4H3,(H,34,35,37). The van der Waals surface area contributed by atoms with E-state index in [0.29, 0.717) is 17.3 Å². The van der Waals surface area contributed by atoms with Gasteiger partial charge >= 0.3 is 0 Å². The molecule has 0 radical (unpaired) electrons. The first kappa shape index (κ1) is 28.3. The van der Waals surface area contributed by atoms with Gasteiger partial charge in [-0.1, -0.05) is 29.5 Å². The number of methoxy groups -OCH3 is 4. The van der Waals surface area contributed by atoms with Gasteiger partial charge in [0.25, 0.3) is 0 Å². The number of aromatic nitrogens is 1. The van der Waals surface area contributed by atoms with E-state index in [9.17, 15) is 4.79 Å². The number of carbonyl (C=O) groups excluding carboxylic acids is 1. The molecule has 1 aliphatic heterocycles. The molecule has 1 N–H and O–H groups in total. The van der Waals surface area contributed by atoms with Gasteiger partial charge < -0.3 is 24.3 Å². The molecule has 3 aromatic carbocycles. The van der Waals surface area contributed by atoms with Crippen LogP contribution >= 0.6 is 11.3 Å². The Morgan fingerprint density at radius 2 is 1.71 bits per heavy atom. The molecule has 0 bridgehead atoms. The zero-order chi connectivity index (χ0) is 29.3. The summed E-state index contributed by atoms with van der Waals surface area (Å²) in [5, 5.41) is 3.83. The van der Waals surface area contributed by atoms with Gasteiger partial charge in [-0.25, -0.2) is 4.98 Å². The maximum atomic E-state index is 14.3. The Kier molecular flexibility index (Phi) is 7.96. The van der Waals surface area contributed by atoms with Gasteiger partial charge in [0.15, 0.2) is 28.1 Å². The highest BCUT2D eigenvalue weighted by Gasteiger charge is 2.46. The fraction of sp³-hybridized carbons (Fsp3) is 0.394. The first-order valence-corrected chi connectivity index (χ1v) is 15.2. The molecular weight excluding hydrogens is 550 g/mol. The molecule has 6 rings (SSSR count). The molecule has 1 atom stereocenters. The number of fused-ring (bicyclic) bond motifs is 3. The fourth-order valence-corrected chi connectivity index (χ4v) is 7.51. The SMILES string of the molecule is COc1cc2c(cc1OC)CN(CCCC1(C(=O)Nc3nc4ccccc4s3)CCc3c1ccc(OC)c3OC)CC2. The summed E-state index contributed by atoms with van der Waals surface area (Å²) in [6, 6.07) is 16.1. The monoisotopic (exact) mass is 587 g/mol. The van der Waals surface area contributed by atoms with Crippen LogP contribution in [0.3, 0.4) is 0 Å². The lowest BCUT2D eigenvalue weighted by Crippen LogP contribution is -2.40. The number of hydrogen-bond donors (Lipinski definition) is 1. The molecule has 220 valence electrons. The van der Waals surface area contributed by atoms with Crippen LogP contribution in [0.15, 0.2) is 48.5 Å². The van der Waals surface area contributed by atoms with E-state index < -0.39 is 5.41 Å². The number of nitrogens with zero attached hydrogens (tertiary/aromatic N) is 2. The van der Waals surface area contributed by atoms with Crippen LogP contribution < -0.4 is 24.3 Å². The van der Waals surface area contributed by atoms with Crippen molar-refractivity contribution in [3.8, 4) is 23.0 Å². The normalized spacial score (nSPS) is 17.9. The molecule has 2 heterocycles. The Balaban J connectivity index is 1.24. The molecule has 0 fully saturated rings. The zero-order valence-electron chi connectivity index (χ0n) is 24.6. The first-order chi connectivity index (χ1) is 20.5. The van der Waals surface area contributed by atoms with Crippen molar-refractivity contribution in [2.24, 2.45) is 0 Å². The number of thiazole rings is 1. The summed E-state index contributed by atoms with van der Waals surface area (Å²) in [7, 11) is 6.66. The highest BCUT2D eigenvalue weighted by atomic mass is 32.1. The Labute approximate surface area is 250 Å². The summed E-state index contributed by atoms with van der Waals surface area (Å²) in [6.45, 7) is 2.71. The third kappa shape index (κ3) is 5.05. The van der Waals surface area contributed by atoms with Gasteiger partial charge in [0.1, 0.15) is 0 Å². The van der Waals surface area contributed by atoms with Gasteiger partial charge in [-0.15, -0.1) is 0 Å². The average molecular weight is 588 g/mol. The van der Waals surface area contributed by atoms with Crippen LogP contribution in [-0.2, 0) is 29.6 Å². The van der Waals surface area contributed by atoms with Gasteiger partial charge in [0.05, 0.1) is 44.1 Å². The van der Waals surface area contributed by atoms with E-state index >= 15 is 0 Å². The van der Waals surface area contributed by atoms with E-state index in [2.05, 4.69) is 33.4 Å². The molecule has 42 heavy (non-hydrogen) atoms. The summed E-state index contributed by atoms with van der Waals surface area (Å²) in [5.74, 6) is 2.95. The van der Waals surface area contributed by atoms with Crippen molar-refractivity contribution in [3.63, 3.8) is 0 Å². The van der Waals surface area contributed by atoms with Gasteiger partial charge in [-0.2, -0.15) is 0 Å². The van der Waals surface area contributed by atoms with Crippen LogP contribution in [0.4, 0.5) is 5.13 Å². The van der Waals surface area contributed by atoms with Gasteiger partial charge in [0, 0.05) is 18.7 Å². The fourth-order valence-electron chi connectivity index (χ4n) is 6.65. The zero-order valence-corrected chi connectivity index (χ0v) is 25.4. The van der Waals surface area contributed by atoms with Crippen LogP contribution in [0.25, 0.3) is 10.2 Å². The number of carbonyl (C=O) groups is 1. The topological polar surface area (TPSA) is 82.2 Å². The maximum absolute atomic E-state index is 14.3. The highest BCUT2D eigenvalue weighted by Crippen LogP contribution is 2.49. The second-order valence-electron chi connectivity index (χ2n) is 11.0. The van der Waals surface area contributed by atoms with E-state index in [4.69, 9.17) is 18.9 Å². The molecule has 1 aromatic heterocycles. The lowest BCUT2D eigenvalue weighted by molar-refractivity contribution is -0.121. The Morgan fingerprint density at radius 3 is 2.45 bits per heavy atom. The van der Waals surface area contributed by atoms with Crippen LogP contribution in [-0.4, -0.2) is 57.3 Å². The second kappa shape index (κ2) is 11.8. The number of ether oxygens (including phenoxy) is 4. The Morgan fingerprint density at radius 1 is 0.952 bits per heavy atom. The molecule has 0 spiro atoms. The number of benzene rings is 3. The van der Waals surface area contributed by atoms with Crippen molar-refractivity contribution in [2.75, 3.05) is 46.8 Å². The predicted octanol–water partition coefficient (Wildman–Crippen LogP) is 5.99. The molecule has 0 saturated heterocycles. The number of rotatable bonds is 10. The largest absolute Gasteiger partial charge is 0.493 e. The Bertz CT molecular complexity index is 1590. The van der Waals surface area contributed by atoms with Gasteiger partial charge in [0.2, 0.25) is 5.91 Å². The minimum atomic E-state index is -0.684. The Hall–Kier alpha value is -3.82. The molecule has 1 amide bonds. The van der Waals surface area contributed by atoms with Gasteiger partial charge in [-0.05, 0) is 85.7 Å². The van der Waals surface area contributed by atoms with E-state index in [-0.39, 0.29) is 5.91 Å². The van der Waals surface area contributed by atoms with E-state index in [1.807, 2.05) is 30.3 Å². The van der Waals surface area contributed by atoms with Crippen molar-refractivity contribution in [2.45, 2.75) is 44.1 Å². The molecule has 2 aliphatic rings. The summed E-state index contributed by atoms with van der Waals surface area (Å²) < 4.78 is 23.5. The number of amides is 1. The van der Waals surface area contributed by atoms with E-state index in [1.165, 1.54) is 22.5 Å². The summed E-state index contributed by atoms with van der Waals surface area (Å²) >= 11 is 1.51. The quantitative estimate of drug-likeness (QED) is 0.244. The summed E-state index contributed by atoms with van der Waals surface area (Å²) in [4.78, 5) is 21.4. The van der Waals surface area contributed by atoms with Crippen molar-refractivity contribution >= 4 is 32.6 Å². The molecular formula is C33H37N3O5S. The third-order valence-corrected chi connectivity index (χ3v) is 9.74. The van der Waals surface area contributed by atoms with Crippen LogP contribution in [0, 0.1) is 0 Å². The predicted molar refractivity (Wildman–Crippen MR) is 166 cm³/mol. The summed E-state index contributed by atoms with van der Waals surface area (Å²) in [5.41, 5.74) is 4.87. The number of para-hydroxylation sites is 1. The lowest BCUT2D eigenvalue weighted by Gasteiger charge is -2.32. The number of nitrogens with one attached hydrogen (secondary N) is 1. The van der Waals surface area contributed by atoms with Crippen molar-refractivity contribution in [1.29, 1.82) is 0 Å². The highest BCUT2D eigenvalue weighted by molar-refractivity contribution is 7.22. The van der Waals surface area contributed by atoms with E-state index in [1.54, 1.807) is 28.4 Å². The molecule has 1 unspecified atom stereocenters. The lowest BCUT2D eigenvalue weighted by atomic mass is 9.76. The number of anilines is 1. The third-order valence-electron chi connectivity index (χ3n) is 8.79. The number of hydrogen-bond acceptors (Lipinski definition) is 8. The first-order valence-electron chi connectivity index (χ1n) is 14.4. The van der Waals surface area contributed by atoms with Crippen molar-refractivity contribution in [3.05, 3.63) is 70.8 Å². The molecule has 9 heteroatoms. The van der Waals surface area contributed by atoms with E-state index in [0.717, 1.165) is 83.9 Å². The van der Waals surface area contributed by atoms with Gasteiger partial charge in [-0.3, -0.25) is 9.69 Å². The summed E-state index contributed by atoms with van der Waals surface area (Å²) in [6.07, 6.45) is 4.02. The second-order valence-corrected chi connectivity index (χ2v) is 12.0. The molecule has 0 saturated carbocycles.